The Morgan fingerprint density at radius 2 is 1.88 bits per heavy atom. The van der Waals surface area contributed by atoms with Crippen molar-refractivity contribution in [1.82, 2.24) is 0 Å². The molecule has 1 heterocycles. The van der Waals surface area contributed by atoms with Crippen LogP contribution >= 0.6 is 19.4 Å². The molecule has 1 rings (SSSR count). The maximum atomic E-state index is 12.7. The third-order valence-corrected chi connectivity index (χ3v) is 5.58. The van der Waals surface area contributed by atoms with E-state index in [1.807, 2.05) is 0 Å². The molecule has 17 heavy (non-hydrogen) atoms. The molecular weight excluding hydrogens is 261 g/mol. The summed E-state index contributed by atoms with van der Waals surface area (Å²) < 4.78 is 23.6. The lowest BCUT2D eigenvalue weighted by Gasteiger charge is -2.27. The van der Waals surface area contributed by atoms with Crippen molar-refractivity contribution in [1.29, 1.82) is 0 Å². The fourth-order valence-corrected chi connectivity index (χ4v) is 4.49. The summed E-state index contributed by atoms with van der Waals surface area (Å²) in [5, 5.41) is 7.61. The molecule has 0 saturated heterocycles. The van der Waals surface area contributed by atoms with Crippen molar-refractivity contribution in [3.05, 3.63) is 0 Å². The van der Waals surface area contributed by atoms with E-state index in [1.54, 1.807) is 27.7 Å². The number of amidine groups is 1. The molecule has 0 saturated carbocycles. The Hall–Kier alpha value is -0.360. The second kappa shape index (κ2) is 6.00. The molecule has 1 unspecified atom stereocenters. The lowest BCUT2D eigenvalue weighted by Crippen LogP contribution is -2.22. The van der Waals surface area contributed by atoms with Crippen LogP contribution in [0.25, 0.3) is 0 Å². The molecule has 0 fully saturated rings. The van der Waals surface area contributed by atoms with Gasteiger partial charge in [-0.15, -0.1) is 5.10 Å². The van der Waals surface area contributed by atoms with Gasteiger partial charge in [-0.1, -0.05) is 11.8 Å². The van der Waals surface area contributed by atoms with Crippen LogP contribution in [0, 0.1) is 0 Å². The molecule has 1 aliphatic heterocycles. The highest BCUT2D eigenvalue weighted by Crippen LogP contribution is 2.58. The smallest absolute Gasteiger partial charge is 0.349 e. The van der Waals surface area contributed by atoms with Gasteiger partial charge in [0.15, 0.2) is 10.2 Å². The van der Waals surface area contributed by atoms with E-state index >= 15 is 0 Å². The molecule has 98 valence electrons. The molecule has 0 amide bonds. The number of hydrogen-bond acceptors (Lipinski definition) is 7. The quantitative estimate of drug-likeness (QED) is 0.781. The zero-order valence-electron chi connectivity index (χ0n) is 10.4. The third-order valence-electron chi connectivity index (χ3n) is 1.62. The number of hydrogen-bond donors (Lipinski definition) is 1. The Morgan fingerprint density at radius 1 is 1.35 bits per heavy atom. The van der Waals surface area contributed by atoms with Gasteiger partial charge in [0.05, 0.1) is 18.4 Å². The lowest BCUT2D eigenvalue weighted by atomic mass is 10.5. The second-order valence-electron chi connectivity index (χ2n) is 4.06. The van der Waals surface area contributed by atoms with Crippen molar-refractivity contribution >= 4 is 30.7 Å². The topological polar surface area (TPSA) is 86.3 Å². The molecule has 6 nitrogen and oxygen atoms in total. The first kappa shape index (κ1) is 14.7. The number of nitrogens with zero attached hydrogens (tertiary/aromatic N) is 2. The van der Waals surface area contributed by atoms with Crippen molar-refractivity contribution in [3.63, 3.8) is 0 Å². The molecule has 2 N–H and O–H groups in total. The van der Waals surface area contributed by atoms with E-state index in [1.165, 1.54) is 6.21 Å². The lowest BCUT2D eigenvalue weighted by molar-refractivity contribution is 0.144. The van der Waals surface area contributed by atoms with Gasteiger partial charge in [0.25, 0.3) is 0 Å². The molecule has 1 atom stereocenters. The first-order valence-electron chi connectivity index (χ1n) is 5.33. The van der Waals surface area contributed by atoms with E-state index in [9.17, 15) is 4.57 Å². The van der Waals surface area contributed by atoms with Gasteiger partial charge in [-0.25, -0.2) is 0 Å². The molecule has 0 aromatic heterocycles. The predicted octanol–water partition coefficient (Wildman–Crippen LogP) is 2.40. The maximum absolute atomic E-state index is 12.7. The molecule has 0 aromatic carbocycles. The zero-order chi connectivity index (χ0) is 13.1. The summed E-state index contributed by atoms with van der Waals surface area (Å²) in [5.74, 6) is 0. The van der Waals surface area contributed by atoms with E-state index in [-0.39, 0.29) is 17.4 Å². The van der Waals surface area contributed by atoms with E-state index in [4.69, 9.17) is 14.8 Å². The van der Waals surface area contributed by atoms with Crippen LogP contribution < -0.4 is 5.73 Å². The summed E-state index contributed by atoms with van der Waals surface area (Å²) in [5.41, 5.74) is 5.55. The van der Waals surface area contributed by atoms with Crippen LogP contribution in [0.15, 0.2) is 10.2 Å². The minimum absolute atomic E-state index is 0.200. The Kier molecular flexibility index (Phi) is 5.19. The molecule has 0 spiro atoms. The van der Waals surface area contributed by atoms with Crippen LogP contribution in [0.4, 0.5) is 0 Å². The van der Waals surface area contributed by atoms with Gasteiger partial charge in [0, 0.05) is 0 Å². The Morgan fingerprint density at radius 3 is 2.29 bits per heavy atom. The third kappa shape index (κ3) is 4.43. The highest BCUT2D eigenvalue weighted by atomic mass is 32.2. The maximum Gasteiger partial charge on any atom is 0.349 e. The van der Waals surface area contributed by atoms with Crippen molar-refractivity contribution in [2.75, 3.05) is 0 Å². The largest absolute Gasteiger partial charge is 0.377 e. The molecule has 0 aromatic rings. The Bertz CT molecular complexity index is 356. The average molecular weight is 279 g/mol. The van der Waals surface area contributed by atoms with Crippen molar-refractivity contribution in [2.45, 2.75) is 44.9 Å². The summed E-state index contributed by atoms with van der Waals surface area (Å²) in [6, 6.07) is 0. The van der Waals surface area contributed by atoms with E-state index in [2.05, 4.69) is 10.2 Å². The fourth-order valence-electron chi connectivity index (χ4n) is 1.20. The van der Waals surface area contributed by atoms with E-state index < -0.39 is 12.6 Å². The predicted molar refractivity (Wildman–Crippen MR) is 71.5 cm³/mol. The van der Waals surface area contributed by atoms with Gasteiger partial charge in [-0.05, 0) is 27.7 Å². The van der Waals surface area contributed by atoms with E-state index in [0.717, 1.165) is 11.8 Å². The molecule has 0 radical (unpaired) electrons. The second-order valence-corrected chi connectivity index (χ2v) is 7.63. The highest BCUT2D eigenvalue weighted by molar-refractivity contribution is 8.18. The summed E-state index contributed by atoms with van der Waals surface area (Å²) in [6.45, 7) is 7.22. The average Bonchev–Trinajstić information content (AvgIpc) is 2.14. The van der Waals surface area contributed by atoms with Crippen LogP contribution in [0.3, 0.4) is 0 Å². The fraction of sp³-hybridized carbons (Fsp3) is 0.778. The summed E-state index contributed by atoms with van der Waals surface area (Å²) in [7, 11) is -3.29. The van der Waals surface area contributed by atoms with Gasteiger partial charge in [0.2, 0.25) is 0 Å². The number of rotatable bonds is 5. The summed E-state index contributed by atoms with van der Waals surface area (Å²) in [4.78, 5) is -0.537. The van der Waals surface area contributed by atoms with Gasteiger partial charge in [0.1, 0.15) is 0 Å². The van der Waals surface area contributed by atoms with E-state index in [0.29, 0.717) is 0 Å². The van der Waals surface area contributed by atoms with Crippen LogP contribution in [-0.2, 0) is 13.6 Å². The molecule has 1 aliphatic rings. The number of thioether (sulfide) groups is 1. The minimum Gasteiger partial charge on any atom is -0.377 e. The highest BCUT2D eigenvalue weighted by Gasteiger charge is 2.39. The molecular formula is C9H18N3O3PS. The molecule has 0 aliphatic carbocycles. The van der Waals surface area contributed by atoms with Crippen molar-refractivity contribution in [2.24, 2.45) is 15.9 Å². The van der Waals surface area contributed by atoms with Crippen molar-refractivity contribution in [3.8, 4) is 0 Å². The normalized spacial score (nSPS) is 21.1. The van der Waals surface area contributed by atoms with Crippen LogP contribution in [0.1, 0.15) is 27.7 Å². The Balaban J connectivity index is 2.87. The molecule has 0 bridgehead atoms. The van der Waals surface area contributed by atoms with Gasteiger partial charge in [-0.2, -0.15) is 5.10 Å². The van der Waals surface area contributed by atoms with Crippen LogP contribution in [0.5, 0.6) is 0 Å². The number of nitrogens with two attached hydrogens (primary N) is 1. The first-order valence-corrected chi connectivity index (χ1v) is 7.82. The molecule has 8 heteroatoms. The summed E-state index contributed by atoms with van der Waals surface area (Å²) in [6.07, 6.45) is 1.05. The van der Waals surface area contributed by atoms with Gasteiger partial charge in [-0.3, -0.25) is 4.57 Å². The standard InChI is InChI=1S/C9H18N3O3PS/c1-6(2)14-16(13,15-7(3)4)8-5-11-12-9(10)17-8/h5-8H,1-4H3,(H2,10,12). The monoisotopic (exact) mass is 279 g/mol. The van der Waals surface area contributed by atoms with Gasteiger partial charge < -0.3 is 14.8 Å². The Labute approximate surface area is 106 Å². The van der Waals surface area contributed by atoms with Crippen LogP contribution in [0.2, 0.25) is 0 Å². The van der Waals surface area contributed by atoms with Crippen LogP contribution in [-0.4, -0.2) is 28.6 Å². The zero-order valence-corrected chi connectivity index (χ0v) is 12.1. The minimum atomic E-state index is -3.29. The first-order chi connectivity index (χ1) is 7.83. The van der Waals surface area contributed by atoms with Gasteiger partial charge >= 0.3 is 7.60 Å². The van der Waals surface area contributed by atoms with Crippen molar-refractivity contribution < 1.29 is 13.6 Å². The summed E-state index contributed by atoms with van der Waals surface area (Å²) >= 11 is 1.14. The SMILES string of the molecule is CC(C)OP(=O)(OC(C)C)C1C=NN=C(N)S1.